The van der Waals surface area contributed by atoms with Gasteiger partial charge in [-0.25, -0.2) is 0 Å². The van der Waals surface area contributed by atoms with Gasteiger partial charge in [0.25, 0.3) is 0 Å². The summed E-state index contributed by atoms with van der Waals surface area (Å²) in [6.07, 6.45) is 2.51. The van der Waals surface area contributed by atoms with Gasteiger partial charge < -0.3 is 10.4 Å². The summed E-state index contributed by atoms with van der Waals surface area (Å²) in [5.74, 6) is 1.12. The van der Waals surface area contributed by atoms with Gasteiger partial charge in [-0.1, -0.05) is 26.0 Å². The van der Waals surface area contributed by atoms with Crippen molar-refractivity contribution in [1.29, 1.82) is 0 Å². The molecular weight excluding hydrogens is 186 g/mol. The van der Waals surface area contributed by atoms with Gasteiger partial charge in [0.1, 0.15) is 5.75 Å². The molecule has 0 saturated heterocycles. The first kappa shape index (κ1) is 12.1. The minimum Gasteiger partial charge on any atom is -0.508 e. The Bertz CT molecular complexity index is 266. The molecule has 0 aliphatic rings. The lowest BCUT2D eigenvalue weighted by atomic mass is 10.1. The summed E-state index contributed by atoms with van der Waals surface area (Å²) in [5.41, 5.74) is 1.22. The molecule has 0 fully saturated rings. The summed E-state index contributed by atoms with van der Waals surface area (Å²) < 4.78 is 0. The highest BCUT2D eigenvalue weighted by atomic mass is 16.3. The van der Waals surface area contributed by atoms with Gasteiger partial charge in [0.2, 0.25) is 0 Å². The van der Waals surface area contributed by atoms with E-state index in [1.807, 2.05) is 12.1 Å². The van der Waals surface area contributed by atoms with Crippen LogP contribution < -0.4 is 5.32 Å². The van der Waals surface area contributed by atoms with Crippen molar-refractivity contribution >= 4 is 0 Å². The van der Waals surface area contributed by atoms with Gasteiger partial charge in [0.05, 0.1) is 0 Å². The lowest BCUT2D eigenvalue weighted by Crippen LogP contribution is -2.15. The third kappa shape index (κ3) is 5.43. The number of phenols is 1. The maximum Gasteiger partial charge on any atom is 0.115 e. The average Bonchev–Trinajstić information content (AvgIpc) is 2.20. The monoisotopic (exact) mass is 207 g/mol. The van der Waals surface area contributed by atoms with Gasteiger partial charge in [-0.3, -0.25) is 0 Å². The molecule has 0 amide bonds. The predicted molar refractivity (Wildman–Crippen MR) is 63.9 cm³/mol. The van der Waals surface area contributed by atoms with Gasteiger partial charge >= 0.3 is 0 Å². The van der Waals surface area contributed by atoms with Crippen LogP contribution in [0.5, 0.6) is 5.75 Å². The normalized spacial score (nSPS) is 10.9. The molecular formula is C13H21NO. The van der Waals surface area contributed by atoms with E-state index in [-0.39, 0.29) is 0 Å². The highest BCUT2D eigenvalue weighted by Crippen LogP contribution is 2.09. The number of phenolic OH excluding ortho intramolecular Hbond substituents is 1. The van der Waals surface area contributed by atoms with Crippen molar-refractivity contribution in [3.05, 3.63) is 29.8 Å². The van der Waals surface area contributed by atoms with Gasteiger partial charge in [0, 0.05) is 6.54 Å². The molecule has 0 aliphatic heterocycles. The Labute approximate surface area is 92.3 Å². The smallest absolute Gasteiger partial charge is 0.115 e. The van der Waals surface area contributed by atoms with E-state index in [0.717, 1.165) is 19.0 Å². The lowest BCUT2D eigenvalue weighted by molar-refractivity contribution is 0.475. The van der Waals surface area contributed by atoms with E-state index in [9.17, 15) is 0 Å². The second kappa shape index (κ2) is 6.46. The van der Waals surface area contributed by atoms with E-state index in [1.165, 1.54) is 18.4 Å². The topological polar surface area (TPSA) is 32.3 Å². The number of aromatic hydroxyl groups is 1. The second-order valence-electron chi connectivity index (χ2n) is 4.38. The minimum absolute atomic E-state index is 0.332. The number of benzene rings is 1. The van der Waals surface area contributed by atoms with E-state index in [1.54, 1.807) is 12.1 Å². The Kier molecular flexibility index (Phi) is 5.19. The lowest BCUT2D eigenvalue weighted by Gasteiger charge is -2.06. The highest BCUT2D eigenvalue weighted by Gasteiger charge is 1.95. The van der Waals surface area contributed by atoms with Crippen LogP contribution in [0, 0.1) is 5.92 Å². The molecule has 2 nitrogen and oxygen atoms in total. The van der Waals surface area contributed by atoms with E-state index < -0.39 is 0 Å². The van der Waals surface area contributed by atoms with Crippen molar-refractivity contribution in [1.82, 2.24) is 5.32 Å². The number of hydrogen-bond donors (Lipinski definition) is 2. The maximum atomic E-state index is 9.11. The number of hydrogen-bond acceptors (Lipinski definition) is 2. The van der Waals surface area contributed by atoms with Crippen LogP contribution in [0.1, 0.15) is 32.3 Å². The van der Waals surface area contributed by atoms with Gasteiger partial charge in [0.15, 0.2) is 0 Å². The molecule has 0 aromatic heterocycles. The van der Waals surface area contributed by atoms with Crippen molar-refractivity contribution in [2.75, 3.05) is 6.54 Å². The van der Waals surface area contributed by atoms with Crippen LogP contribution >= 0.6 is 0 Å². The number of rotatable bonds is 6. The van der Waals surface area contributed by atoms with E-state index in [2.05, 4.69) is 19.2 Å². The van der Waals surface area contributed by atoms with Crippen LogP contribution in [0.2, 0.25) is 0 Å². The first-order valence-electron chi connectivity index (χ1n) is 5.67. The standard InChI is InChI=1S/C13H21NO/c1-11(2)4-3-9-14-10-12-5-7-13(15)8-6-12/h5-8,11,14-15H,3-4,9-10H2,1-2H3. The van der Waals surface area contributed by atoms with Gasteiger partial charge in [-0.2, -0.15) is 0 Å². The zero-order valence-electron chi connectivity index (χ0n) is 9.66. The van der Waals surface area contributed by atoms with Crippen LogP contribution in [-0.2, 0) is 6.54 Å². The summed E-state index contributed by atoms with van der Waals surface area (Å²) in [6, 6.07) is 7.35. The SMILES string of the molecule is CC(C)CCCNCc1ccc(O)cc1. The molecule has 1 aromatic rings. The summed E-state index contributed by atoms with van der Waals surface area (Å²) in [5, 5.41) is 12.5. The average molecular weight is 207 g/mol. The molecule has 0 aliphatic carbocycles. The highest BCUT2D eigenvalue weighted by molar-refractivity contribution is 5.25. The molecule has 0 saturated carbocycles. The van der Waals surface area contributed by atoms with Crippen LogP contribution in [0.3, 0.4) is 0 Å². The van der Waals surface area contributed by atoms with Crippen molar-refractivity contribution in [2.24, 2.45) is 5.92 Å². The Balaban J connectivity index is 2.12. The molecule has 0 spiro atoms. The largest absolute Gasteiger partial charge is 0.508 e. The van der Waals surface area contributed by atoms with Crippen LogP contribution in [0.25, 0.3) is 0 Å². The van der Waals surface area contributed by atoms with E-state index in [0.29, 0.717) is 5.75 Å². The molecule has 0 unspecified atom stereocenters. The molecule has 0 bridgehead atoms. The summed E-state index contributed by atoms with van der Waals surface area (Å²) in [7, 11) is 0. The van der Waals surface area contributed by atoms with Crippen molar-refractivity contribution in [3.63, 3.8) is 0 Å². The fourth-order valence-electron chi connectivity index (χ4n) is 1.48. The molecule has 15 heavy (non-hydrogen) atoms. The maximum absolute atomic E-state index is 9.11. The van der Waals surface area contributed by atoms with Crippen molar-refractivity contribution < 1.29 is 5.11 Å². The molecule has 84 valence electrons. The van der Waals surface area contributed by atoms with E-state index >= 15 is 0 Å². The van der Waals surface area contributed by atoms with Gasteiger partial charge in [-0.15, -0.1) is 0 Å². The summed E-state index contributed by atoms with van der Waals surface area (Å²) >= 11 is 0. The summed E-state index contributed by atoms with van der Waals surface area (Å²) in [6.45, 7) is 6.46. The third-order valence-corrected chi connectivity index (χ3v) is 2.40. The minimum atomic E-state index is 0.332. The Morgan fingerprint density at radius 2 is 1.87 bits per heavy atom. The Hall–Kier alpha value is -1.02. The molecule has 0 radical (unpaired) electrons. The van der Waals surface area contributed by atoms with Crippen LogP contribution in [-0.4, -0.2) is 11.7 Å². The Morgan fingerprint density at radius 3 is 2.47 bits per heavy atom. The molecule has 1 rings (SSSR count). The zero-order chi connectivity index (χ0) is 11.1. The van der Waals surface area contributed by atoms with Crippen molar-refractivity contribution in [2.45, 2.75) is 33.2 Å². The van der Waals surface area contributed by atoms with Crippen LogP contribution in [0.4, 0.5) is 0 Å². The Morgan fingerprint density at radius 1 is 1.20 bits per heavy atom. The molecule has 0 atom stereocenters. The quantitative estimate of drug-likeness (QED) is 0.703. The van der Waals surface area contributed by atoms with Crippen LogP contribution in [0.15, 0.2) is 24.3 Å². The summed E-state index contributed by atoms with van der Waals surface area (Å²) in [4.78, 5) is 0. The van der Waals surface area contributed by atoms with Gasteiger partial charge in [-0.05, 0) is 43.0 Å². The zero-order valence-corrected chi connectivity index (χ0v) is 9.66. The second-order valence-corrected chi connectivity index (χ2v) is 4.38. The first-order valence-corrected chi connectivity index (χ1v) is 5.67. The first-order chi connectivity index (χ1) is 7.18. The van der Waals surface area contributed by atoms with Crippen molar-refractivity contribution in [3.8, 4) is 5.75 Å². The molecule has 2 heteroatoms. The molecule has 2 N–H and O–H groups in total. The third-order valence-electron chi connectivity index (χ3n) is 2.40. The fraction of sp³-hybridized carbons (Fsp3) is 0.538. The predicted octanol–water partition coefficient (Wildman–Crippen LogP) is 2.92. The fourth-order valence-corrected chi connectivity index (χ4v) is 1.48. The molecule has 1 aromatic carbocycles. The number of nitrogens with one attached hydrogen (secondary N) is 1. The molecule has 0 heterocycles. The van der Waals surface area contributed by atoms with E-state index in [4.69, 9.17) is 5.11 Å².